The van der Waals surface area contributed by atoms with Gasteiger partial charge >= 0.3 is 0 Å². The van der Waals surface area contributed by atoms with E-state index in [4.69, 9.17) is 4.74 Å². The highest BCUT2D eigenvalue weighted by atomic mass is 16.5. The molecule has 1 aliphatic carbocycles. The third-order valence-electron chi connectivity index (χ3n) is 4.75. The molecule has 1 aromatic carbocycles. The third kappa shape index (κ3) is 4.42. The number of hydrogen-bond donors (Lipinski definition) is 0. The Morgan fingerprint density at radius 2 is 1.74 bits per heavy atom. The SMILES string of the molecule is O=C(Cn1nnc(COc2ccccc2)n1)N1CCN(C(=O)C2CC2)CC1. The first kappa shape index (κ1) is 17.4. The van der Waals surface area contributed by atoms with Crippen molar-refractivity contribution in [2.75, 3.05) is 26.2 Å². The van der Waals surface area contributed by atoms with Crippen LogP contribution in [0.25, 0.3) is 0 Å². The Labute approximate surface area is 156 Å². The van der Waals surface area contributed by atoms with Crippen LogP contribution in [0.15, 0.2) is 30.3 Å². The van der Waals surface area contributed by atoms with Gasteiger partial charge in [0, 0.05) is 32.1 Å². The zero-order valence-electron chi connectivity index (χ0n) is 15.0. The fourth-order valence-electron chi connectivity index (χ4n) is 3.05. The van der Waals surface area contributed by atoms with Gasteiger partial charge in [-0.15, -0.1) is 10.2 Å². The number of hydrogen-bond acceptors (Lipinski definition) is 6. The normalized spacial score (nSPS) is 17.0. The van der Waals surface area contributed by atoms with Crippen molar-refractivity contribution in [3.63, 3.8) is 0 Å². The van der Waals surface area contributed by atoms with Crippen molar-refractivity contribution < 1.29 is 14.3 Å². The number of para-hydroxylation sites is 1. The fraction of sp³-hybridized carbons (Fsp3) is 0.500. The van der Waals surface area contributed by atoms with Crippen molar-refractivity contribution in [3.05, 3.63) is 36.2 Å². The lowest BCUT2D eigenvalue weighted by molar-refractivity contribution is -0.140. The fourth-order valence-corrected chi connectivity index (χ4v) is 3.05. The van der Waals surface area contributed by atoms with Crippen LogP contribution in [0.1, 0.15) is 18.7 Å². The van der Waals surface area contributed by atoms with Gasteiger partial charge in [0.25, 0.3) is 0 Å². The molecule has 142 valence electrons. The second kappa shape index (κ2) is 7.73. The first-order chi connectivity index (χ1) is 13.2. The molecule has 2 amide bonds. The molecule has 0 radical (unpaired) electrons. The summed E-state index contributed by atoms with van der Waals surface area (Å²) >= 11 is 0. The summed E-state index contributed by atoms with van der Waals surface area (Å²) in [5.74, 6) is 1.54. The van der Waals surface area contributed by atoms with Crippen molar-refractivity contribution in [2.24, 2.45) is 5.92 Å². The van der Waals surface area contributed by atoms with Crippen molar-refractivity contribution >= 4 is 11.8 Å². The minimum absolute atomic E-state index is 0.0366. The van der Waals surface area contributed by atoms with Gasteiger partial charge in [0.15, 0.2) is 6.61 Å². The second-order valence-electron chi connectivity index (χ2n) is 6.82. The Bertz CT molecular complexity index is 796. The number of nitrogens with zero attached hydrogens (tertiary/aromatic N) is 6. The van der Waals surface area contributed by atoms with Gasteiger partial charge in [0.1, 0.15) is 12.3 Å². The average Bonchev–Trinajstić information content (AvgIpc) is 3.47. The summed E-state index contributed by atoms with van der Waals surface area (Å²) in [5.41, 5.74) is 0. The zero-order valence-corrected chi connectivity index (χ0v) is 15.0. The summed E-state index contributed by atoms with van der Waals surface area (Å²) in [7, 11) is 0. The average molecular weight is 370 g/mol. The highest BCUT2D eigenvalue weighted by Crippen LogP contribution is 2.31. The van der Waals surface area contributed by atoms with E-state index in [0.717, 1.165) is 18.6 Å². The van der Waals surface area contributed by atoms with E-state index in [9.17, 15) is 9.59 Å². The molecule has 0 spiro atoms. The largest absolute Gasteiger partial charge is 0.485 e. The number of carbonyl (C=O) groups is 2. The molecule has 9 nitrogen and oxygen atoms in total. The van der Waals surface area contributed by atoms with E-state index in [1.54, 1.807) is 4.90 Å². The Morgan fingerprint density at radius 3 is 2.44 bits per heavy atom. The minimum atomic E-state index is -0.0681. The van der Waals surface area contributed by atoms with Crippen LogP contribution in [0.5, 0.6) is 5.75 Å². The Kier molecular flexibility index (Phi) is 4.99. The summed E-state index contributed by atoms with van der Waals surface area (Å²) in [5, 5.41) is 12.0. The van der Waals surface area contributed by atoms with Crippen LogP contribution in [0.2, 0.25) is 0 Å². The molecular weight excluding hydrogens is 348 g/mol. The number of aromatic nitrogens is 4. The molecule has 2 fully saturated rings. The highest BCUT2D eigenvalue weighted by Gasteiger charge is 2.35. The molecule has 2 aromatic rings. The van der Waals surface area contributed by atoms with E-state index < -0.39 is 0 Å². The quantitative estimate of drug-likeness (QED) is 0.728. The first-order valence-electron chi connectivity index (χ1n) is 9.20. The maximum Gasteiger partial charge on any atom is 0.246 e. The summed E-state index contributed by atoms with van der Waals surface area (Å²) in [6, 6.07) is 9.38. The number of tetrazole rings is 1. The molecule has 4 rings (SSSR count). The predicted octanol–water partition coefficient (Wildman–Crippen LogP) is 0.333. The smallest absolute Gasteiger partial charge is 0.246 e. The molecule has 1 saturated carbocycles. The standard InChI is InChI=1S/C18H22N6O3/c25-17(22-8-10-23(11-9-22)18(26)14-6-7-14)12-24-20-16(19-21-24)13-27-15-4-2-1-3-5-15/h1-5,14H,6-13H2. The highest BCUT2D eigenvalue weighted by molar-refractivity contribution is 5.81. The maximum absolute atomic E-state index is 12.4. The Morgan fingerprint density at radius 1 is 1.04 bits per heavy atom. The maximum atomic E-state index is 12.4. The summed E-state index contributed by atoms with van der Waals surface area (Å²) in [6.07, 6.45) is 2.01. The molecule has 1 saturated heterocycles. The Hall–Kier alpha value is -2.97. The molecule has 2 heterocycles. The van der Waals surface area contributed by atoms with Crippen molar-refractivity contribution in [1.29, 1.82) is 0 Å². The van der Waals surface area contributed by atoms with Crippen LogP contribution in [0, 0.1) is 5.92 Å². The molecule has 0 bridgehead atoms. The molecule has 0 atom stereocenters. The lowest BCUT2D eigenvalue weighted by Crippen LogP contribution is -2.51. The minimum Gasteiger partial charge on any atom is -0.485 e. The number of amides is 2. The van der Waals surface area contributed by atoms with Gasteiger partial charge < -0.3 is 14.5 Å². The van der Waals surface area contributed by atoms with Crippen molar-refractivity contribution in [2.45, 2.75) is 26.0 Å². The van der Waals surface area contributed by atoms with Gasteiger partial charge in [0.2, 0.25) is 17.6 Å². The number of rotatable bonds is 6. The molecule has 0 N–H and O–H groups in total. The Balaban J connectivity index is 1.24. The van der Waals surface area contributed by atoms with Crippen LogP contribution >= 0.6 is 0 Å². The van der Waals surface area contributed by atoms with E-state index in [-0.39, 0.29) is 30.9 Å². The zero-order chi connectivity index (χ0) is 18.6. The van der Waals surface area contributed by atoms with Gasteiger partial charge in [-0.25, -0.2) is 0 Å². The second-order valence-corrected chi connectivity index (χ2v) is 6.82. The van der Waals surface area contributed by atoms with Crippen LogP contribution < -0.4 is 4.74 Å². The van der Waals surface area contributed by atoms with Crippen molar-refractivity contribution in [1.82, 2.24) is 30.0 Å². The monoisotopic (exact) mass is 370 g/mol. The van der Waals surface area contributed by atoms with Gasteiger partial charge in [0.05, 0.1) is 0 Å². The predicted molar refractivity (Wildman–Crippen MR) is 94.5 cm³/mol. The van der Waals surface area contributed by atoms with Gasteiger partial charge in [-0.1, -0.05) is 18.2 Å². The summed E-state index contributed by atoms with van der Waals surface area (Å²) < 4.78 is 5.57. The van der Waals surface area contributed by atoms with E-state index in [0.29, 0.717) is 32.0 Å². The summed E-state index contributed by atoms with van der Waals surface area (Å²) in [6.45, 7) is 2.53. The van der Waals surface area contributed by atoms with E-state index >= 15 is 0 Å². The van der Waals surface area contributed by atoms with Crippen LogP contribution in [-0.4, -0.2) is 68.0 Å². The van der Waals surface area contributed by atoms with Gasteiger partial charge in [-0.2, -0.15) is 4.80 Å². The van der Waals surface area contributed by atoms with Crippen LogP contribution in [0.3, 0.4) is 0 Å². The molecular formula is C18H22N6O3. The molecule has 1 aromatic heterocycles. The number of ether oxygens (including phenoxy) is 1. The lowest BCUT2D eigenvalue weighted by Gasteiger charge is -2.34. The number of carbonyl (C=O) groups excluding carboxylic acids is 2. The van der Waals surface area contributed by atoms with E-state index in [1.165, 1.54) is 4.80 Å². The van der Waals surface area contributed by atoms with Gasteiger partial charge in [-0.05, 0) is 30.2 Å². The van der Waals surface area contributed by atoms with Gasteiger partial charge in [-0.3, -0.25) is 9.59 Å². The topological polar surface area (TPSA) is 93.4 Å². The van der Waals surface area contributed by atoms with Crippen LogP contribution in [0.4, 0.5) is 0 Å². The number of piperazine rings is 1. The third-order valence-corrected chi connectivity index (χ3v) is 4.75. The van der Waals surface area contributed by atoms with E-state index in [1.807, 2.05) is 35.2 Å². The molecule has 0 unspecified atom stereocenters. The molecule has 2 aliphatic rings. The molecule has 27 heavy (non-hydrogen) atoms. The van der Waals surface area contributed by atoms with Crippen molar-refractivity contribution in [3.8, 4) is 5.75 Å². The first-order valence-corrected chi connectivity index (χ1v) is 9.20. The molecule has 1 aliphatic heterocycles. The molecule has 9 heteroatoms. The lowest BCUT2D eigenvalue weighted by atomic mass is 10.2. The van der Waals surface area contributed by atoms with Crippen LogP contribution in [-0.2, 0) is 22.7 Å². The van der Waals surface area contributed by atoms with E-state index in [2.05, 4.69) is 15.4 Å². The number of benzene rings is 1. The summed E-state index contributed by atoms with van der Waals surface area (Å²) in [4.78, 5) is 29.4.